The van der Waals surface area contributed by atoms with Crippen LogP contribution in [0.3, 0.4) is 0 Å². The molecule has 0 aliphatic carbocycles. The summed E-state index contributed by atoms with van der Waals surface area (Å²) in [6.45, 7) is 7.23. The minimum atomic E-state index is 0. The molecule has 0 radical (unpaired) electrons. The number of nitrogens with zero attached hydrogens (tertiary/aromatic N) is 1. The van der Waals surface area contributed by atoms with Crippen LogP contribution in [0.2, 0.25) is 0 Å². The molecule has 0 aromatic rings. The number of rotatable bonds is 4. The molecule has 1 amide bonds. The summed E-state index contributed by atoms with van der Waals surface area (Å²) in [5, 5.41) is 2.91. The summed E-state index contributed by atoms with van der Waals surface area (Å²) in [5.74, 6) is 0.702. The summed E-state index contributed by atoms with van der Waals surface area (Å²) < 4.78 is 0. The Morgan fingerprint density at radius 2 is 2.25 bits per heavy atom. The molecule has 1 unspecified atom stereocenters. The molecule has 1 aliphatic rings. The van der Waals surface area contributed by atoms with Crippen molar-refractivity contribution in [2.24, 2.45) is 11.7 Å². The van der Waals surface area contributed by atoms with E-state index in [0.29, 0.717) is 12.5 Å². The molecule has 3 N–H and O–H groups in total. The van der Waals surface area contributed by atoms with Gasteiger partial charge in [0.15, 0.2) is 0 Å². The van der Waals surface area contributed by atoms with E-state index in [4.69, 9.17) is 5.73 Å². The van der Waals surface area contributed by atoms with Crippen molar-refractivity contribution in [2.75, 3.05) is 26.2 Å². The van der Waals surface area contributed by atoms with Crippen molar-refractivity contribution in [3.63, 3.8) is 0 Å². The molecule has 1 fully saturated rings. The first-order valence-electron chi connectivity index (χ1n) is 5.83. The highest BCUT2D eigenvalue weighted by molar-refractivity contribution is 5.85. The number of carbonyl (C=O) groups excluding carboxylic acids is 1. The van der Waals surface area contributed by atoms with E-state index in [1.165, 1.54) is 6.42 Å². The lowest BCUT2D eigenvalue weighted by Gasteiger charge is -2.31. The van der Waals surface area contributed by atoms with Crippen molar-refractivity contribution in [3.05, 3.63) is 0 Å². The number of hydrogen-bond acceptors (Lipinski definition) is 3. The first kappa shape index (κ1) is 15.7. The second-order valence-electron chi connectivity index (χ2n) is 4.70. The zero-order chi connectivity index (χ0) is 11.3. The van der Waals surface area contributed by atoms with Gasteiger partial charge >= 0.3 is 0 Å². The highest BCUT2D eigenvalue weighted by Gasteiger charge is 2.20. The van der Waals surface area contributed by atoms with Crippen molar-refractivity contribution in [2.45, 2.75) is 32.7 Å². The zero-order valence-corrected chi connectivity index (χ0v) is 11.1. The lowest BCUT2D eigenvalue weighted by atomic mass is 9.98. The van der Waals surface area contributed by atoms with Crippen LogP contribution in [0.25, 0.3) is 0 Å². The molecule has 1 atom stereocenters. The third-order valence-corrected chi connectivity index (χ3v) is 2.75. The molecule has 1 aliphatic heterocycles. The van der Waals surface area contributed by atoms with Crippen molar-refractivity contribution >= 4 is 18.3 Å². The van der Waals surface area contributed by atoms with Gasteiger partial charge in [0.1, 0.15) is 0 Å². The molecule has 1 saturated heterocycles. The topological polar surface area (TPSA) is 58.4 Å². The summed E-state index contributed by atoms with van der Waals surface area (Å²) in [5.41, 5.74) is 5.65. The first-order chi connectivity index (χ1) is 7.11. The number of nitrogens with two attached hydrogens (primary N) is 1. The molecule has 96 valence electrons. The van der Waals surface area contributed by atoms with Gasteiger partial charge in [0.2, 0.25) is 5.91 Å². The summed E-state index contributed by atoms with van der Waals surface area (Å²) in [6, 6.07) is 0.229. The van der Waals surface area contributed by atoms with Crippen molar-refractivity contribution in [3.8, 4) is 0 Å². The quantitative estimate of drug-likeness (QED) is 0.767. The van der Waals surface area contributed by atoms with E-state index >= 15 is 0 Å². The highest BCUT2D eigenvalue weighted by Crippen LogP contribution is 2.14. The fourth-order valence-electron chi connectivity index (χ4n) is 2.06. The SMILES string of the molecule is CC(C)NC(=O)CN1CCCC(CN)C1.Cl. The molecule has 0 bridgehead atoms. The molecule has 16 heavy (non-hydrogen) atoms. The van der Waals surface area contributed by atoms with Gasteiger partial charge < -0.3 is 11.1 Å². The Kier molecular flexibility index (Phi) is 7.72. The molecule has 4 nitrogen and oxygen atoms in total. The summed E-state index contributed by atoms with van der Waals surface area (Å²) in [7, 11) is 0. The van der Waals surface area contributed by atoms with E-state index in [9.17, 15) is 4.79 Å². The molecule has 1 heterocycles. The van der Waals surface area contributed by atoms with E-state index < -0.39 is 0 Å². The maximum atomic E-state index is 11.5. The normalized spacial score (nSPS) is 21.6. The van der Waals surface area contributed by atoms with Gasteiger partial charge in [-0.3, -0.25) is 9.69 Å². The predicted molar refractivity (Wildman–Crippen MR) is 68.7 cm³/mol. The number of carbonyl (C=O) groups is 1. The predicted octanol–water partition coefficient (Wildman–Crippen LogP) is 0.603. The number of amides is 1. The Balaban J connectivity index is 0.00000225. The number of piperidine rings is 1. The van der Waals surface area contributed by atoms with Gasteiger partial charge in [-0.15, -0.1) is 12.4 Å². The Hall–Kier alpha value is -0.320. The van der Waals surface area contributed by atoms with E-state index in [2.05, 4.69) is 10.2 Å². The van der Waals surface area contributed by atoms with Crippen molar-refractivity contribution in [1.82, 2.24) is 10.2 Å². The minimum Gasteiger partial charge on any atom is -0.353 e. The number of halogens is 1. The average molecular weight is 250 g/mol. The van der Waals surface area contributed by atoms with Gasteiger partial charge in [-0.25, -0.2) is 0 Å². The largest absolute Gasteiger partial charge is 0.353 e. The van der Waals surface area contributed by atoms with Crippen LogP contribution in [0.1, 0.15) is 26.7 Å². The third kappa shape index (κ3) is 5.68. The fourth-order valence-corrected chi connectivity index (χ4v) is 2.06. The van der Waals surface area contributed by atoms with Crippen molar-refractivity contribution in [1.29, 1.82) is 0 Å². The smallest absolute Gasteiger partial charge is 0.234 e. The molecule has 0 aromatic carbocycles. The number of nitrogens with one attached hydrogen (secondary N) is 1. The van der Waals surface area contributed by atoms with Crippen LogP contribution >= 0.6 is 12.4 Å². The van der Waals surface area contributed by atoms with E-state index in [0.717, 1.165) is 26.1 Å². The maximum Gasteiger partial charge on any atom is 0.234 e. The van der Waals surface area contributed by atoms with E-state index in [-0.39, 0.29) is 24.4 Å². The van der Waals surface area contributed by atoms with E-state index in [1.54, 1.807) is 0 Å². The number of likely N-dealkylation sites (tertiary alicyclic amines) is 1. The van der Waals surface area contributed by atoms with E-state index in [1.807, 2.05) is 13.8 Å². The Morgan fingerprint density at radius 1 is 1.56 bits per heavy atom. The standard InChI is InChI=1S/C11H23N3O.ClH/c1-9(2)13-11(15)8-14-5-3-4-10(6-12)7-14;/h9-10H,3-8,12H2,1-2H3,(H,13,15);1H. The average Bonchev–Trinajstić information content (AvgIpc) is 2.16. The first-order valence-corrected chi connectivity index (χ1v) is 5.83. The van der Waals surface area contributed by atoms with Crippen LogP contribution in [0.5, 0.6) is 0 Å². The zero-order valence-electron chi connectivity index (χ0n) is 10.2. The highest BCUT2D eigenvalue weighted by atomic mass is 35.5. The molecule has 1 rings (SSSR count). The molecule has 0 spiro atoms. The second-order valence-corrected chi connectivity index (χ2v) is 4.70. The van der Waals surface area contributed by atoms with Crippen LogP contribution < -0.4 is 11.1 Å². The lowest BCUT2D eigenvalue weighted by Crippen LogP contribution is -2.45. The number of hydrogen-bond donors (Lipinski definition) is 2. The summed E-state index contributed by atoms with van der Waals surface area (Å²) >= 11 is 0. The third-order valence-electron chi connectivity index (χ3n) is 2.75. The van der Waals surface area contributed by atoms with Crippen LogP contribution in [-0.2, 0) is 4.79 Å². The van der Waals surface area contributed by atoms with Crippen LogP contribution in [0.4, 0.5) is 0 Å². The summed E-state index contributed by atoms with van der Waals surface area (Å²) in [6.07, 6.45) is 2.37. The van der Waals surface area contributed by atoms with Crippen LogP contribution in [0.15, 0.2) is 0 Å². The maximum absolute atomic E-state index is 11.5. The second kappa shape index (κ2) is 7.87. The Morgan fingerprint density at radius 3 is 2.81 bits per heavy atom. The molecule has 5 heteroatoms. The molecular weight excluding hydrogens is 226 g/mol. The van der Waals surface area contributed by atoms with Gasteiger partial charge in [-0.2, -0.15) is 0 Å². The lowest BCUT2D eigenvalue weighted by molar-refractivity contribution is -0.123. The van der Waals surface area contributed by atoms with Crippen LogP contribution in [-0.4, -0.2) is 43.0 Å². The van der Waals surface area contributed by atoms with Gasteiger partial charge in [-0.05, 0) is 45.7 Å². The minimum absolute atomic E-state index is 0. The van der Waals surface area contributed by atoms with Crippen LogP contribution in [0, 0.1) is 5.92 Å². The van der Waals surface area contributed by atoms with Gasteiger partial charge in [0.05, 0.1) is 6.54 Å². The molecule has 0 saturated carbocycles. The summed E-state index contributed by atoms with van der Waals surface area (Å²) in [4.78, 5) is 13.7. The molecule has 0 aromatic heterocycles. The van der Waals surface area contributed by atoms with Gasteiger partial charge in [0, 0.05) is 12.6 Å². The monoisotopic (exact) mass is 249 g/mol. The Labute approximate surface area is 104 Å². The molecular formula is C11H24ClN3O. The van der Waals surface area contributed by atoms with Crippen molar-refractivity contribution < 1.29 is 4.79 Å². The van der Waals surface area contributed by atoms with Gasteiger partial charge in [0.25, 0.3) is 0 Å². The Bertz CT molecular complexity index is 211. The van der Waals surface area contributed by atoms with Gasteiger partial charge in [-0.1, -0.05) is 0 Å². The fraction of sp³-hybridized carbons (Fsp3) is 0.909.